The van der Waals surface area contributed by atoms with Gasteiger partial charge in [0.1, 0.15) is 0 Å². The normalized spacial score (nSPS) is 12.3. The molecule has 1 aromatic carbocycles. The summed E-state index contributed by atoms with van der Waals surface area (Å²) in [5.41, 5.74) is 0.987. The average Bonchev–Trinajstić information content (AvgIpc) is 2.90. The smallest absolute Gasteiger partial charge is 0.283 e. The SMILES string of the molecule is C[C@@H](NCc1cccc([N+](=O)[O-])c1Br)c1cccs1. The molecule has 1 atom stereocenters. The minimum Gasteiger partial charge on any atom is -0.305 e. The molecule has 0 saturated heterocycles. The summed E-state index contributed by atoms with van der Waals surface area (Å²) in [4.78, 5) is 11.7. The van der Waals surface area contributed by atoms with Crippen LogP contribution >= 0.6 is 27.3 Å². The molecule has 0 radical (unpaired) electrons. The molecule has 4 nitrogen and oxygen atoms in total. The molecule has 6 heteroatoms. The standard InChI is InChI=1S/C13H13BrN2O2S/c1-9(12-6-3-7-19-12)15-8-10-4-2-5-11(13(10)14)16(17)18/h2-7,9,15H,8H2,1H3/t9-/m1/s1. The Morgan fingerprint density at radius 3 is 2.84 bits per heavy atom. The van der Waals surface area contributed by atoms with Crippen LogP contribution in [-0.2, 0) is 6.54 Å². The van der Waals surface area contributed by atoms with Crippen LogP contribution in [0.15, 0.2) is 40.2 Å². The van der Waals surface area contributed by atoms with Crippen LogP contribution in [0.4, 0.5) is 5.69 Å². The number of rotatable bonds is 5. The largest absolute Gasteiger partial charge is 0.305 e. The van der Waals surface area contributed by atoms with Gasteiger partial charge in [-0.15, -0.1) is 11.3 Å². The van der Waals surface area contributed by atoms with Gasteiger partial charge in [-0.05, 0) is 39.9 Å². The Labute approximate surface area is 123 Å². The number of hydrogen-bond donors (Lipinski definition) is 1. The predicted octanol–water partition coefficient (Wildman–Crippen LogP) is 4.27. The zero-order valence-electron chi connectivity index (χ0n) is 10.3. The highest BCUT2D eigenvalue weighted by molar-refractivity contribution is 9.10. The topological polar surface area (TPSA) is 55.2 Å². The minimum absolute atomic E-state index is 0.100. The highest BCUT2D eigenvalue weighted by atomic mass is 79.9. The van der Waals surface area contributed by atoms with E-state index in [1.54, 1.807) is 17.4 Å². The van der Waals surface area contributed by atoms with Gasteiger partial charge in [0.15, 0.2) is 0 Å². The van der Waals surface area contributed by atoms with Crippen molar-refractivity contribution in [3.05, 3.63) is 60.7 Å². The fourth-order valence-electron chi connectivity index (χ4n) is 1.75. The van der Waals surface area contributed by atoms with E-state index in [4.69, 9.17) is 0 Å². The van der Waals surface area contributed by atoms with Gasteiger partial charge in [-0.1, -0.05) is 18.2 Å². The maximum absolute atomic E-state index is 10.9. The van der Waals surface area contributed by atoms with Gasteiger partial charge in [0.25, 0.3) is 5.69 Å². The first-order valence-electron chi connectivity index (χ1n) is 5.78. The second-order valence-corrected chi connectivity index (χ2v) is 5.90. The molecule has 2 aromatic rings. The lowest BCUT2D eigenvalue weighted by atomic mass is 10.2. The molecular weight excluding hydrogens is 328 g/mol. The molecule has 0 aliphatic heterocycles. The predicted molar refractivity (Wildman–Crippen MR) is 80.4 cm³/mol. The molecule has 0 fully saturated rings. The van der Waals surface area contributed by atoms with Crippen LogP contribution < -0.4 is 5.32 Å². The third-order valence-corrected chi connectivity index (χ3v) is 4.79. The van der Waals surface area contributed by atoms with Crippen LogP contribution in [0.25, 0.3) is 0 Å². The van der Waals surface area contributed by atoms with Crippen molar-refractivity contribution in [1.29, 1.82) is 0 Å². The molecule has 0 spiro atoms. The Hall–Kier alpha value is -1.24. The van der Waals surface area contributed by atoms with Gasteiger partial charge in [0.05, 0.1) is 9.40 Å². The second kappa shape index (κ2) is 6.27. The first-order chi connectivity index (χ1) is 9.09. The number of hydrogen-bond acceptors (Lipinski definition) is 4. The van der Waals surface area contributed by atoms with Gasteiger partial charge in [0.2, 0.25) is 0 Å². The Bertz CT molecular complexity index is 572. The van der Waals surface area contributed by atoms with Gasteiger partial charge >= 0.3 is 0 Å². The first-order valence-corrected chi connectivity index (χ1v) is 7.45. The summed E-state index contributed by atoms with van der Waals surface area (Å²) in [5.74, 6) is 0. The van der Waals surface area contributed by atoms with E-state index < -0.39 is 0 Å². The summed E-state index contributed by atoms with van der Waals surface area (Å²) in [6.45, 7) is 2.67. The van der Waals surface area contributed by atoms with E-state index in [2.05, 4.69) is 34.2 Å². The van der Waals surface area contributed by atoms with E-state index in [1.807, 2.05) is 17.5 Å². The number of nitrogens with one attached hydrogen (secondary N) is 1. The highest BCUT2D eigenvalue weighted by Crippen LogP contribution is 2.28. The molecule has 0 amide bonds. The Morgan fingerprint density at radius 1 is 1.42 bits per heavy atom. The van der Waals surface area contributed by atoms with Crippen molar-refractivity contribution in [3.63, 3.8) is 0 Å². The van der Waals surface area contributed by atoms with Crippen molar-refractivity contribution in [2.75, 3.05) is 0 Å². The van der Waals surface area contributed by atoms with Crippen molar-refractivity contribution in [3.8, 4) is 0 Å². The number of nitro benzene ring substituents is 1. The van der Waals surface area contributed by atoms with Crippen molar-refractivity contribution in [1.82, 2.24) is 5.32 Å². The van der Waals surface area contributed by atoms with Crippen LogP contribution in [0, 0.1) is 10.1 Å². The molecule has 1 aromatic heterocycles. The van der Waals surface area contributed by atoms with E-state index in [-0.39, 0.29) is 16.7 Å². The number of halogens is 1. The Kier molecular flexibility index (Phi) is 4.68. The lowest BCUT2D eigenvalue weighted by molar-refractivity contribution is -0.385. The summed E-state index contributed by atoms with van der Waals surface area (Å²) in [5, 5.41) is 16.3. The summed E-state index contributed by atoms with van der Waals surface area (Å²) in [6, 6.07) is 9.40. The van der Waals surface area contributed by atoms with Crippen LogP contribution in [0.5, 0.6) is 0 Å². The van der Waals surface area contributed by atoms with Crippen LogP contribution in [-0.4, -0.2) is 4.92 Å². The molecule has 100 valence electrons. The molecule has 1 heterocycles. The zero-order chi connectivity index (χ0) is 13.8. The third kappa shape index (κ3) is 3.40. The lowest BCUT2D eigenvalue weighted by Crippen LogP contribution is -2.17. The average molecular weight is 341 g/mol. The third-order valence-electron chi connectivity index (χ3n) is 2.82. The molecule has 0 bridgehead atoms. The molecule has 2 rings (SSSR count). The zero-order valence-corrected chi connectivity index (χ0v) is 12.7. The Morgan fingerprint density at radius 2 is 2.21 bits per heavy atom. The van der Waals surface area contributed by atoms with Crippen molar-refractivity contribution in [2.45, 2.75) is 19.5 Å². The van der Waals surface area contributed by atoms with Crippen molar-refractivity contribution >= 4 is 33.0 Å². The molecule has 0 saturated carbocycles. The summed E-state index contributed by atoms with van der Waals surface area (Å²) in [6.07, 6.45) is 0. The first kappa shape index (κ1) is 14.2. The van der Waals surface area contributed by atoms with Gasteiger partial charge in [-0.25, -0.2) is 0 Å². The minimum atomic E-state index is -0.379. The number of nitro groups is 1. The monoisotopic (exact) mass is 340 g/mol. The van der Waals surface area contributed by atoms with Crippen LogP contribution in [0.2, 0.25) is 0 Å². The lowest BCUT2D eigenvalue weighted by Gasteiger charge is -2.13. The molecular formula is C13H13BrN2O2S. The van der Waals surface area contributed by atoms with Crippen molar-refractivity contribution < 1.29 is 4.92 Å². The van der Waals surface area contributed by atoms with Gasteiger partial charge in [-0.2, -0.15) is 0 Å². The summed E-state index contributed by atoms with van der Waals surface area (Å²) >= 11 is 5.00. The summed E-state index contributed by atoms with van der Waals surface area (Å²) < 4.78 is 0.547. The summed E-state index contributed by atoms with van der Waals surface area (Å²) in [7, 11) is 0. The van der Waals surface area contributed by atoms with Gasteiger partial charge in [0, 0.05) is 23.5 Å². The van der Waals surface area contributed by atoms with E-state index in [1.165, 1.54) is 10.9 Å². The number of thiophene rings is 1. The fourth-order valence-corrected chi connectivity index (χ4v) is 3.05. The quantitative estimate of drug-likeness (QED) is 0.653. The highest BCUT2D eigenvalue weighted by Gasteiger charge is 2.15. The van der Waals surface area contributed by atoms with E-state index in [0.29, 0.717) is 11.0 Å². The van der Waals surface area contributed by atoms with E-state index in [9.17, 15) is 10.1 Å². The van der Waals surface area contributed by atoms with Gasteiger partial charge in [-0.3, -0.25) is 10.1 Å². The van der Waals surface area contributed by atoms with Crippen LogP contribution in [0.1, 0.15) is 23.4 Å². The molecule has 0 aliphatic rings. The van der Waals surface area contributed by atoms with E-state index in [0.717, 1.165) is 5.56 Å². The molecule has 19 heavy (non-hydrogen) atoms. The fraction of sp³-hybridized carbons (Fsp3) is 0.231. The molecule has 0 unspecified atom stereocenters. The van der Waals surface area contributed by atoms with Gasteiger partial charge < -0.3 is 5.32 Å². The molecule has 0 aliphatic carbocycles. The number of nitrogens with zero attached hydrogens (tertiary/aromatic N) is 1. The second-order valence-electron chi connectivity index (χ2n) is 4.13. The van der Waals surface area contributed by atoms with E-state index >= 15 is 0 Å². The molecule has 1 N–H and O–H groups in total. The van der Waals surface area contributed by atoms with Crippen LogP contribution in [0.3, 0.4) is 0 Å². The van der Waals surface area contributed by atoms with Crippen molar-refractivity contribution in [2.24, 2.45) is 0 Å². The maximum Gasteiger partial charge on any atom is 0.283 e. The maximum atomic E-state index is 10.9. The Balaban J connectivity index is 2.08. The number of benzene rings is 1.